The van der Waals surface area contributed by atoms with Crippen LogP contribution in [0.3, 0.4) is 0 Å². The molecule has 0 saturated carbocycles. The largest absolute Gasteiger partial charge is 0.311 e. The number of nitrogens with zero attached hydrogens (tertiary/aromatic N) is 4. The van der Waals surface area contributed by atoms with Gasteiger partial charge in [-0.1, -0.05) is 245 Å². The van der Waals surface area contributed by atoms with Crippen LogP contribution in [0.5, 0.6) is 0 Å². The molecule has 0 amide bonds. The van der Waals surface area contributed by atoms with Crippen molar-refractivity contribution in [2.45, 2.75) is 209 Å². The van der Waals surface area contributed by atoms with Crippen molar-refractivity contribution < 1.29 is 0 Å². The summed E-state index contributed by atoms with van der Waals surface area (Å²) < 4.78 is 0. The normalized spacial score (nSPS) is 13.9. The second kappa shape index (κ2) is 22.5. The lowest BCUT2D eigenvalue weighted by Gasteiger charge is -2.45. The first-order chi connectivity index (χ1) is 42.2. The van der Waals surface area contributed by atoms with E-state index in [0.717, 1.165) is 34.1 Å². The molecule has 2 aliphatic heterocycles. The quantitative estimate of drug-likeness (QED) is 0.141. The van der Waals surface area contributed by atoms with Crippen molar-refractivity contribution in [2.75, 3.05) is 19.6 Å². The number of benzene rings is 9. The Kier molecular flexibility index (Phi) is 16.0. The van der Waals surface area contributed by atoms with Gasteiger partial charge in [-0.3, -0.25) is 0 Å². The molecule has 0 aromatic heterocycles. The molecule has 2 aliphatic rings. The Balaban J connectivity index is 1.24. The molecule has 9 aromatic rings. The molecule has 0 aliphatic carbocycles. The van der Waals surface area contributed by atoms with Crippen molar-refractivity contribution in [3.05, 3.63) is 233 Å². The van der Waals surface area contributed by atoms with E-state index >= 15 is 0 Å². The molecule has 0 fully saturated rings. The first-order valence-corrected chi connectivity index (χ1v) is 33.5. The van der Waals surface area contributed by atoms with Gasteiger partial charge in [-0.2, -0.15) is 0 Å². The fourth-order valence-corrected chi connectivity index (χ4v) is 13.3. The van der Waals surface area contributed by atoms with Crippen molar-refractivity contribution in [3.63, 3.8) is 0 Å². The van der Waals surface area contributed by atoms with E-state index in [9.17, 15) is 0 Å². The molecule has 0 N–H and O–H groups in total. The number of fused-ring (bicyclic) bond motifs is 4. The molecule has 0 spiro atoms. The van der Waals surface area contributed by atoms with E-state index in [1.165, 1.54) is 95.0 Å². The molecule has 0 bridgehead atoms. The maximum absolute atomic E-state index is 2.64. The Morgan fingerprint density at radius 2 is 0.462 bits per heavy atom. The van der Waals surface area contributed by atoms with Crippen LogP contribution in [0, 0.1) is 0 Å². The predicted octanol–water partition coefficient (Wildman–Crippen LogP) is 23.1. The zero-order valence-corrected chi connectivity index (χ0v) is 59.8. The smallest absolute Gasteiger partial charge is 0.252 e. The average molecular weight is 1200 g/mol. The highest BCUT2D eigenvalue weighted by atomic mass is 15.2. The maximum Gasteiger partial charge on any atom is 0.252 e. The monoisotopic (exact) mass is 1200 g/mol. The van der Waals surface area contributed by atoms with E-state index in [0.29, 0.717) is 0 Å². The summed E-state index contributed by atoms with van der Waals surface area (Å²) in [6, 6.07) is 74.0. The standard InChI is InChI=1S/C86H103BN4/c1-79(2,3)56-28-36-64(37-29-56)88(65-38-30-57(31-39-65)80(4,5)6)68-44-46-72-76(54-68)90(70-50-60(83(13,14)15)48-61(51-70)84(16,17)18)74-26-25-27-75-78(74)87(72)73-47-45-69(55-77(73)91(75)71-52-62(85(19,20)21)49-63(53-71)86(22,23)24)89(66-40-32-58(33-41-66)81(7,8)9)67-42-34-59(35-43-67)82(10,11)12/h25-55H,1-24H3. The van der Waals surface area contributed by atoms with Crippen LogP contribution in [0.1, 0.15) is 211 Å². The van der Waals surface area contributed by atoms with Crippen LogP contribution in [0.4, 0.5) is 68.2 Å². The molecule has 470 valence electrons. The van der Waals surface area contributed by atoms with Crippen LogP contribution in [-0.2, 0) is 43.3 Å². The van der Waals surface area contributed by atoms with Crippen molar-refractivity contribution in [3.8, 4) is 0 Å². The van der Waals surface area contributed by atoms with Gasteiger partial charge in [0.25, 0.3) is 6.71 Å². The molecule has 2 heterocycles. The van der Waals surface area contributed by atoms with Crippen LogP contribution in [0.25, 0.3) is 0 Å². The molecule has 5 heteroatoms. The summed E-state index contributed by atoms with van der Waals surface area (Å²) in [5.74, 6) is 0. The van der Waals surface area contributed by atoms with E-state index in [1.807, 2.05) is 0 Å². The molecular formula is C86H103BN4. The molecule has 0 atom stereocenters. The van der Waals surface area contributed by atoms with Crippen molar-refractivity contribution in [1.82, 2.24) is 0 Å². The first kappa shape index (κ1) is 64.8. The van der Waals surface area contributed by atoms with Gasteiger partial charge in [0.15, 0.2) is 0 Å². The second-order valence-electron chi connectivity index (χ2n) is 34.7. The Labute approximate surface area is 549 Å². The van der Waals surface area contributed by atoms with E-state index in [1.54, 1.807) is 0 Å². The van der Waals surface area contributed by atoms with Gasteiger partial charge in [-0.25, -0.2) is 0 Å². The van der Waals surface area contributed by atoms with Gasteiger partial charge >= 0.3 is 0 Å². The van der Waals surface area contributed by atoms with Crippen LogP contribution in [0.15, 0.2) is 188 Å². The van der Waals surface area contributed by atoms with E-state index in [-0.39, 0.29) is 50.0 Å². The maximum atomic E-state index is 2.64. The van der Waals surface area contributed by atoms with Crippen molar-refractivity contribution in [1.29, 1.82) is 0 Å². The summed E-state index contributed by atoms with van der Waals surface area (Å²) in [5.41, 5.74) is 27.7. The second-order valence-corrected chi connectivity index (χ2v) is 34.7. The Bertz CT molecular complexity index is 3720. The lowest BCUT2D eigenvalue weighted by molar-refractivity contribution is 0.568. The molecule has 0 saturated heterocycles. The highest BCUT2D eigenvalue weighted by Crippen LogP contribution is 2.50. The third-order valence-electron chi connectivity index (χ3n) is 19.3. The lowest BCUT2D eigenvalue weighted by Crippen LogP contribution is -2.61. The third kappa shape index (κ3) is 12.7. The molecule has 91 heavy (non-hydrogen) atoms. The lowest BCUT2D eigenvalue weighted by atomic mass is 9.33. The van der Waals surface area contributed by atoms with Crippen LogP contribution < -0.4 is 36.0 Å². The minimum absolute atomic E-state index is 0.00831. The van der Waals surface area contributed by atoms with E-state index in [4.69, 9.17) is 0 Å². The molecular weight excluding hydrogens is 1100 g/mol. The SMILES string of the molecule is CC(C)(C)c1ccc(N(c2ccc(C(C)(C)C)cc2)c2ccc3c(c2)N(c2cc(C(C)(C)C)cc(C(C)(C)C)c2)c2cccc4c2B3c2ccc(N(c3ccc(C(C)(C)C)cc3)c3ccc(C(C)(C)C)cc3)cc2N4c2cc(C(C)(C)C)cc(C(C)(C)C)c2)cc1. The topological polar surface area (TPSA) is 13.0 Å². The van der Waals surface area contributed by atoms with Gasteiger partial charge in [0, 0.05) is 68.2 Å². The molecule has 4 nitrogen and oxygen atoms in total. The van der Waals surface area contributed by atoms with Crippen LogP contribution >= 0.6 is 0 Å². The van der Waals surface area contributed by atoms with Gasteiger partial charge < -0.3 is 19.6 Å². The summed E-state index contributed by atoms with van der Waals surface area (Å²) >= 11 is 0. The highest BCUT2D eigenvalue weighted by Gasteiger charge is 2.45. The number of hydrogen-bond acceptors (Lipinski definition) is 4. The molecule has 0 radical (unpaired) electrons. The van der Waals surface area contributed by atoms with Gasteiger partial charge in [-0.15, -0.1) is 0 Å². The van der Waals surface area contributed by atoms with Gasteiger partial charge in [0.1, 0.15) is 0 Å². The van der Waals surface area contributed by atoms with Crippen LogP contribution in [0.2, 0.25) is 0 Å². The summed E-state index contributed by atoms with van der Waals surface area (Å²) in [6.07, 6.45) is 0. The van der Waals surface area contributed by atoms with E-state index < -0.39 is 0 Å². The Morgan fingerprint density at radius 3 is 0.692 bits per heavy atom. The van der Waals surface area contributed by atoms with Gasteiger partial charge in [0.05, 0.1) is 0 Å². The number of rotatable bonds is 8. The molecule has 9 aromatic carbocycles. The number of hydrogen-bond donors (Lipinski definition) is 0. The summed E-state index contributed by atoms with van der Waals surface area (Å²) in [4.78, 5) is 10.2. The van der Waals surface area contributed by atoms with E-state index in [2.05, 4.69) is 374 Å². The minimum atomic E-state index is -0.122. The fraction of sp³-hybridized carbons (Fsp3) is 0.372. The number of anilines is 12. The minimum Gasteiger partial charge on any atom is -0.311 e. The fourth-order valence-electron chi connectivity index (χ4n) is 13.3. The van der Waals surface area contributed by atoms with Crippen molar-refractivity contribution >= 4 is 91.3 Å². The zero-order valence-electron chi connectivity index (χ0n) is 59.8. The summed E-state index contributed by atoms with van der Waals surface area (Å²) in [7, 11) is 0. The average Bonchev–Trinajstić information content (AvgIpc) is 0.697. The Morgan fingerprint density at radius 1 is 0.231 bits per heavy atom. The Hall–Kier alpha value is -7.76. The van der Waals surface area contributed by atoms with Gasteiger partial charge in [-0.05, 0) is 213 Å². The zero-order chi connectivity index (χ0) is 66.1. The molecule has 0 unspecified atom stereocenters. The first-order valence-electron chi connectivity index (χ1n) is 33.5. The predicted molar refractivity (Wildman–Crippen MR) is 399 cm³/mol. The third-order valence-corrected chi connectivity index (χ3v) is 19.3. The van der Waals surface area contributed by atoms with Crippen LogP contribution in [-0.4, -0.2) is 6.71 Å². The van der Waals surface area contributed by atoms with Gasteiger partial charge in [0.2, 0.25) is 0 Å². The highest BCUT2D eigenvalue weighted by molar-refractivity contribution is 7.00. The van der Waals surface area contributed by atoms with Crippen molar-refractivity contribution in [2.24, 2.45) is 0 Å². The summed E-state index contributed by atoms with van der Waals surface area (Å²) in [6.45, 7) is 55.8. The molecule has 11 rings (SSSR count). The summed E-state index contributed by atoms with van der Waals surface area (Å²) in [5, 5.41) is 0.